The molecule has 19 heavy (non-hydrogen) atoms. The standard InChI is InChI=1S/C18H22O/c1-2-3-4-5-6-9-16-13-12-15-10-7-8-11-17(15)18(16)14-19/h7-8,10-14H,2-6,9H2,1H3. The van der Waals surface area contributed by atoms with Gasteiger partial charge < -0.3 is 0 Å². The van der Waals surface area contributed by atoms with Crippen molar-refractivity contribution in [2.45, 2.75) is 45.4 Å². The van der Waals surface area contributed by atoms with Crippen molar-refractivity contribution in [3.63, 3.8) is 0 Å². The van der Waals surface area contributed by atoms with Crippen LogP contribution in [0.25, 0.3) is 10.8 Å². The molecule has 1 heteroatoms. The molecular weight excluding hydrogens is 232 g/mol. The van der Waals surface area contributed by atoms with Crippen molar-refractivity contribution in [2.75, 3.05) is 0 Å². The molecule has 0 bridgehead atoms. The number of rotatable bonds is 7. The lowest BCUT2D eigenvalue weighted by molar-refractivity contribution is 0.112. The number of aldehydes is 1. The topological polar surface area (TPSA) is 17.1 Å². The van der Waals surface area contributed by atoms with E-state index in [0.717, 1.165) is 29.0 Å². The lowest BCUT2D eigenvalue weighted by atomic mass is 9.96. The number of unbranched alkanes of at least 4 members (excludes halogenated alkanes) is 4. The quantitative estimate of drug-likeness (QED) is 0.492. The first-order valence-electron chi connectivity index (χ1n) is 7.32. The van der Waals surface area contributed by atoms with Crippen LogP contribution in [0.4, 0.5) is 0 Å². The lowest BCUT2D eigenvalue weighted by Gasteiger charge is -2.08. The largest absolute Gasteiger partial charge is 0.298 e. The highest BCUT2D eigenvalue weighted by Gasteiger charge is 2.06. The van der Waals surface area contributed by atoms with E-state index in [9.17, 15) is 4.79 Å². The van der Waals surface area contributed by atoms with Crippen molar-refractivity contribution in [1.82, 2.24) is 0 Å². The molecule has 0 aromatic heterocycles. The highest BCUT2D eigenvalue weighted by Crippen LogP contribution is 2.22. The van der Waals surface area contributed by atoms with Crippen molar-refractivity contribution in [1.29, 1.82) is 0 Å². The Hall–Kier alpha value is -1.63. The second-order valence-corrected chi connectivity index (χ2v) is 5.14. The number of aryl methyl sites for hydroxylation is 1. The number of carbonyl (C=O) groups is 1. The van der Waals surface area contributed by atoms with Crippen molar-refractivity contribution < 1.29 is 4.79 Å². The molecule has 0 heterocycles. The zero-order valence-electron chi connectivity index (χ0n) is 11.7. The van der Waals surface area contributed by atoms with E-state index in [-0.39, 0.29) is 0 Å². The van der Waals surface area contributed by atoms with Gasteiger partial charge in [0, 0.05) is 5.56 Å². The Morgan fingerprint density at radius 3 is 2.53 bits per heavy atom. The Kier molecular flexibility index (Phi) is 5.14. The maximum atomic E-state index is 11.4. The third-order valence-corrected chi connectivity index (χ3v) is 3.73. The molecule has 0 atom stereocenters. The van der Waals surface area contributed by atoms with Gasteiger partial charge in [-0.2, -0.15) is 0 Å². The van der Waals surface area contributed by atoms with Crippen molar-refractivity contribution in [2.24, 2.45) is 0 Å². The summed E-state index contributed by atoms with van der Waals surface area (Å²) in [4.78, 5) is 11.4. The minimum atomic E-state index is 0.883. The lowest BCUT2D eigenvalue weighted by Crippen LogP contribution is -1.95. The van der Waals surface area contributed by atoms with Gasteiger partial charge in [-0.05, 0) is 29.2 Å². The first-order valence-corrected chi connectivity index (χ1v) is 7.32. The monoisotopic (exact) mass is 254 g/mol. The molecule has 0 aliphatic rings. The average Bonchev–Trinajstić information content (AvgIpc) is 2.46. The minimum absolute atomic E-state index is 0.883. The van der Waals surface area contributed by atoms with Crippen LogP contribution in [0.15, 0.2) is 36.4 Å². The van der Waals surface area contributed by atoms with Crippen LogP contribution < -0.4 is 0 Å². The zero-order valence-corrected chi connectivity index (χ0v) is 11.7. The Bertz CT molecular complexity index is 542. The van der Waals surface area contributed by atoms with Crippen LogP contribution in [0.3, 0.4) is 0 Å². The summed E-state index contributed by atoms with van der Waals surface area (Å²) in [5.41, 5.74) is 2.08. The Labute approximate surface area is 115 Å². The Balaban J connectivity index is 2.12. The van der Waals surface area contributed by atoms with Gasteiger partial charge in [-0.15, -0.1) is 0 Å². The van der Waals surface area contributed by atoms with Gasteiger partial charge in [0.15, 0.2) is 6.29 Å². The van der Waals surface area contributed by atoms with E-state index in [1.165, 1.54) is 37.7 Å². The van der Waals surface area contributed by atoms with Gasteiger partial charge in [0.1, 0.15) is 0 Å². The van der Waals surface area contributed by atoms with Crippen LogP contribution in [0.2, 0.25) is 0 Å². The second kappa shape index (κ2) is 7.08. The van der Waals surface area contributed by atoms with Gasteiger partial charge in [0.05, 0.1) is 0 Å². The number of hydrogen-bond donors (Lipinski definition) is 0. The summed E-state index contributed by atoms with van der Waals surface area (Å²) in [6, 6.07) is 12.4. The summed E-state index contributed by atoms with van der Waals surface area (Å²) >= 11 is 0. The smallest absolute Gasteiger partial charge is 0.150 e. The van der Waals surface area contributed by atoms with Crippen LogP contribution in [-0.2, 0) is 6.42 Å². The summed E-state index contributed by atoms with van der Waals surface area (Å²) in [6.07, 6.45) is 8.37. The van der Waals surface area contributed by atoms with Gasteiger partial charge in [-0.1, -0.05) is 69.0 Å². The summed E-state index contributed by atoms with van der Waals surface area (Å²) in [6.45, 7) is 2.23. The number of carbonyl (C=O) groups excluding carboxylic acids is 1. The molecule has 2 aromatic carbocycles. The average molecular weight is 254 g/mol. The summed E-state index contributed by atoms with van der Waals surface area (Å²) in [7, 11) is 0. The van der Waals surface area contributed by atoms with E-state index < -0.39 is 0 Å². The molecule has 2 rings (SSSR count). The molecule has 0 unspecified atom stereocenters. The SMILES string of the molecule is CCCCCCCc1ccc2ccccc2c1C=O. The van der Waals surface area contributed by atoms with E-state index in [0.29, 0.717) is 0 Å². The summed E-state index contributed by atoms with van der Waals surface area (Å²) < 4.78 is 0. The van der Waals surface area contributed by atoms with Crippen LogP contribution in [0.1, 0.15) is 54.9 Å². The van der Waals surface area contributed by atoms with Gasteiger partial charge in [-0.25, -0.2) is 0 Å². The summed E-state index contributed by atoms with van der Waals surface area (Å²) in [5, 5.41) is 2.24. The van der Waals surface area contributed by atoms with Gasteiger partial charge in [-0.3, -0.25) is 4.79 Å². The predicted octanol–water partition coefficient (Wildman–Crippen LogP) is 5.17. The summed E-state index contributed by atoms with van der Waals surface area (Å²) in [5.74, 6) is 0. The van der Waals surface area contributed by atoms with E-state index in [4.69, 9.17) is 0 Å². The number of hydrogen-bond acceptors (Lipinski definition) is 1. The van der Waals surface area contributed by atoms with Gasteiger partial charge in [0.2, 0.25) is 0 Å². The highest BCUT2D eigenvalue weighted by molar-refractivity contribution is 5.99. The number of fused-ring (bicyclic) bond motifs is 1. The number of benzene rings is 2. The van der Waals surface area contributed by atoms with Gasteiger partial charge in [0.25, 0.3) is 0 Å². The fourth-order valence-electron chi connectivity index (χ4n) is 2.62. The Morgan fingerprint density at radius 2 is 1.74 bits per heavy atom. The second-order valence-electron chi connectivity index (χ2n) is 5.14. The van der Waals surface area contributed by atoms with E-state index in [1.54, 1.807) is 0 Å². The molecule has 0 aliphatic carbocycles. The fraction of sp³-hybridized carbons (Fsp3) is 0.389. The molecule has 0 aliphatic heterocycles. The maximum absolute atomic E-state index is 11.4. The van der Waals surface area contributed by atoms with Crippen LogP contribution >= 0.6 is 0 Å². The highest BCUT2D eigenvalue weighted by atomic mass is 16.1. The van der Waals surface area contributed by atoms with Gasteiger partial charge >= 0.3 is 0 Å². The van der Waals surface area contributed by atoms with E-state index in [1.807, 2.05) is 18.2 Å². The van der Waals surface area contributed by atoms with E-state index >= 15 is 0 Å². The molecule has 0 spiro atoms. The van der Waals surface area contributed by atoms with Crippen molar-refractivity contribution in [3.05, 3.63) is 47.5 Å². The molecule has 0 saturated carbocycles. The molecule has 2 aromatic rings. The zero-order chi connectivity index (χ0) is 13.5. The molecular formula is C18H22O. The molecule has 0 fully saturated rings. The van der Waals surface area contributed by atoms with Crippen molar-refractivity contribution in [3.8, 4) is 0 Å². The molecule has 100 valence electrons. The van der Waals surface area contributed by atoms with Crippen LogP contribution in [0, 0.1) is 0 Å². The molecule has 0 amide bonds. The molecule has 0 radical (unpaired) electrons. The third kappa shape index (κ3) is 3.44. The first-order chi connectivity index (χ1) is 9.36. The Morgan fingerprint density at radius 1 is 0.947 bits per heavy atom. The van der Waals surface area contributed by atoms with Crippen molar-refractivity contribution >= 4 is 17.1 Å². The third-order valence-electron chi connectivity index (χ3n) is 3.73. The first kappa shape index (κ1) is 13.8. The maximum Gasteiger partial charge on any atom is 0.150 e. The molecule has 0 N–H and O–H groups in total. The fourth-order valence-corrected chi connectivity index (χ4v) is 2.62. The predicted molar refractivity (Wildman–Crippen MR) is 81.8 cm³/mol. The normalized spacial score (nSPS) is 10.8. The molecule has 0 saturated heterocycles. The van der Waals surface area contributed by atoms with Crippen LogP contribution in [-0.4, -0.2) is 6.29 Å². The molecule has 1 nitrogen and oxygen atoms in total. The van der Waals surface area contributed by atoms with Crippen LogP contribution in [0.5, 0.6) is 0 Å². The van der Waals surface area contributed by atoms with E-state index in [2.05, 4.69) is 25.1 Å². The minimum Gasteiger partial charge on any atom is -0.298 e.